The molecule has 18 heavy (non-hydrogen) atoms. The zero-order chi connectivity index (χ0) is 13.9. The lowest BCUT2D eigenvalue weighted by Gasteiger charge is -2.32. The fraction of sp³-hybridized carbons (Fsp3) is 0.600. The Morgan fingerprint density at radius 1 is 1.22 bits per heavy atom. The summed E-state index contributed by atoms with van der Waals surface area (Å²) in [6.45, 7) is 9.62. The van der Waals surface area contributed by atoms with E-state index in [0.29, 0.717) is 0 Å². The lowest BCUT2D eigenvalue weighted by molar-refractivity contribution is 0.411. The fourth-order valence-electron chi connectivity index (χ4n) is 2.17. The summed E-state index contributed by atoms with van der Waals surface area (Å²) in [5.74, 6) is 0.956. The van der Waals surface area contributed by atoms with Gasteiger partial charge in [0.1, 0.15) is 5.75 Å². The molecule has 0 amide bonds. The maximum Gasteiger partial charge on any atom is 0.122 e. The zero-order valence-electron chi connectivity index (χ0n) is 12.7. The van der Waals surface area contributed by atoms with Crippen LogP contribution in [0.3, 0.4) is 0 Å². The summed E-state index contributed by atoms with van der Waals surface area (Å²) in [7, 11) is 5.85. The molecule has 1 aromatic rings. The van der Waals surface area contributed by atoms with Gasteiger partial charge in [-0.25, -0.2) is 0 Å². The first-order valence-electron chi connectivity index (χ1n) is 6.36. The molecule has 0 aromatic heterocycles. The lowest BCUT2D eigenvalue weighted by Crippen LogP contribution is -2.46. The van der Waals surface area contributed by atoms with Gasteiger partial charge in [-0.1, -0.05) is 0 Å². The molecule has 102 valence electrons. The highest BCUT2D eigenvalue weighted by atomic mass is 16.5. The van der Waals surface area contributed by atoms with Crippen molar-refractivity contribution in [3.8, 4) is 5.75 Å². The number of nitrogens with zero attached hydrogens (tertiary/aromatic N) is 1. The van der Waals surface area contributed by atoms with Crippen molar-refractivity contribution in [2.75, 3.05) is 32.6 Å². The second-order valence-corrected chi connectivity index (χ2v) is 5.53. The van der Waals surface area contributed by atoms with Crippen LogP contribution in [-0.2, 0) is 0 Å². The minimum atomic E-state index is 0.0923. The van der Waals surface area contributed by atoms with Crippen molar-refractivity contribution >= 4 is 5.69 Å². The molecule has 0 atom stereocenters. The molecule has 0 spiro atoms. The van der Waals surface area contributed by atoms with Crippen LogP contribution in [0.1, 0.15) is 25.0 Å². The average molecular weight is 250 g/mol. The number of likely N-dealkylation sites (N-methyl/N-ethyl adjacent to an activating group) is 2. The maximum atomic E-state index is 5.35. The Bertz CT molecular complexity index is 413. The molecule has 3 heteroatoms. The van der Waals surface area contributed by atoms with Crippen molar-refractivity contribution in [1.82, 2.24) is 5.32 Å². The van der Waals surface area contributed by atoms with Gasteiger partial charge in [0, 0.05) is 24.8 Å². The highest BCUT2D eigenvalue weighted by Gasteiger charge is 2.19. The van der Waals surface area contributed by atoms with E-state index in [4.69, 9.17) is 4.74 Å². The molecular formula is C15H26N2O. The Kier molecular flexibility index (Phi) is 4.63. The number of ether oxygens (including phenoxy) is 1. The van der Waals surface area contributed by atoms with Crippen LogP contribution in [0.2, 0.25) is 0 Å². The minimum Gasteiger partial charge on any atom is -0.496 e. The monoisotopic (exact) mass is 250 g/mol. The quantitative estimate of drug-likeness (QED) is 0.869. The Hall–Kier alpha value is -1.22. The number of hydrogen-bond donors (Lipinski definition) is 1. The normalized spacial score (nSPS) is 11.5. The molecule has 3 nitrogen and oxygen atoms in total. The number of hydrogen-bond acceptors (Lipinski definition) is 3. The topological polar surface area (TPSA) is 24.5 Å². The molecule has 0 fully saturated rings. The van der Waals surface area contributed by atoms with Crippen LogP contribution in [0.5, 0.6) is 5.75 Å². The van der Waals surface area contributed by atoms with E-state index in [1.807, 2.05) is 13.1 Å². The summed E-state index contributed by atoms with van der Waals surface area (Å²) in [4.78, 5) is 2.29. The van der Waals surface area contributed by atoms with Crippen LogP contribution in [0.4, 0.5) is 5.69 Å². The second-order valence-electron chi connectivity index (χ2n) is 5.53. The van der Waals surface area contributed by atoms with Gasteiger partial charge in [0.25, 0.3) is 0 Å². The van der Waals surface area contributed by atoms with E-state index >= 15 is 0 Å². The van der Waals surface area contributed by atoms with E-state index in [9.17, 15) is 0 Å². The predicted octanol–water partition coefficient (Wildman–Crippen LogP) is 2.75. The summed E-state index contributed by atoms with van der Waals surface area (Å²) in [5.41, 5.74) is 3.85. The van der Waals surface area contributed by atoms with Crippen LogP contribution < -0.4 is 15.0 Å². The SMILES string of the molecule is CNC(C)(C)CN(C)c1ccc(OC)c(C)c1C. The smallest absolute Gasteiger partial charge is 0.122 e. The minimum absolute atomic E-state index is 0.0923. The molecule has 0 unspecified atom stereocenters. The molecule has 0 aliphatic rings. The van der Waals surface area contributed by atoms with E-state index in [2.05, 4.69) is 51.0 Å². The molecule has 0 radical (unpaired) electrons. The lowest BCUT2D eigenvalue weighted by atomic mass is 10.0. The molecule has 0 saturated heterocycles. The Balaban J connectivity index is 3.00. The zero-order valence-corrected chi connectivity index (χ0v) is 12.7. The third-order valence-electron chi connectivity index (χ3n) is 3.65. The van der Waals surface area contributed by atoms with Gasteiger partial charge in [-0.2, -0.15) is 0 Å². The first kappa shape index (κ1) is 14.8. The van der Waals surface area contributed by atoms with Gasteiger partial charge < -0.3 is 15.0 Å². The molecule has 1 aromatic carbocycles. The first-order valence-corrected chi connectivity index (χ1v) is 6.36. The van der Waals surface area contributed by atoms with E-state index in [-0.39, 0.29) is 5.54 Å². The summed E-state index contributed by atoms with van der Waals surface area (Å²) in [5, 5.41) is 3.33. The molecular weight excluding hydrogens is 224 g/mol. The van der Waals surface area contributed by atoms with E-state index < -0.39 is 0 Å². The van der Waals surface area contributed by atoms with E-state index in [1.165, 1.54) is 16.8 Å². The Morgan fingerprint density at radius 3 is 2.33 bits per heavy atom. The summed E-state index contributed by atoms with van der Waals surface area (Å²) in [6, 6.07) is 4.17. The van der Waals surface area contributed by atoms with E-state index in [1.54, 1.807) is 7.11 Å². The maximum absolute atomic E-state index is 5.35. The van der Waals surface area contributed by atoms with Gasteiger partial charge in [0.2, 0.25) is 0 Å². The molecule has 0 heterocycles. The van der Waals surface area contributed by atoms with Crippen LogP contribution in [0.25, 0.3) is 0 Å². The standard InChI is InChI=1S/C15H26N2O/c1-11-12(2)14(18-7)9-8-13(11)17(6)10-15(3,4)16-5/h8-9,16H,10H2,1-7H3. The molecule has 1 N–H and O–H groups in total. The van der Waals surface area contributed by atoms with Crippen LogP contribution in [0, 0.1) is 13.8 Å². The molecule has 0 saturated carbocycles. The average Bonchev–Trinajstić information content (AvgIpc) is 2.32. The summed E-state index contributed by atoms with van der Waals surface area (Å²) in [6.07, 6.45) is 0. The van der Waals surface area contributed by atoms with Crippen molar-refractivity contribution in [2.24, 2.45) is 0 Å². The van der Waals surface area contributed by atoms with Gasteiger partial charge in [-0.05, 0) is 58.0 Å². The molecule has 1 rings (SSSR count). The van der Waals surface area contributed by atoms with Crippen molar-refractivity contribution < 1.29 is 4.74 Å². The number of anilines is 1. The highest BCUT2D eigenvalue weighted by Crippen LogP contribution is 2.29. The largest absolute Gasteiger partial charge is 0.496 e. The Morgan fingerprint density at radius 2 is 1.83 bits per heavy atom. The van der Waals surface area contributed by atoms with Gasteiger partial charge in [-0.15, -0.1) is 0 Å². The number of rotatable bonds is 5. The predicted molar refractivity (Wildman–Crippen MR) is 78.9 cm³/mol. The number of nitrogens with one attached hydrogen (secondary N) is 1. The first-order chi connectivity index (χ1) is 8.32. The van der Waals surface area contributed by atoms with Crippen molar-refractivity contribution in [3.05, 3.63) is 23.3 Å². The summed E-state index contributed by atoms with van der Waals surface area (Å²) >= 11 is 0. The summed E-state index contributed by atoms with van der Waals surface area (Å²) < 4.78 is 5.35. The van der Waals surface area contributed by atoms with Gasteiger partial charge in [-0.3, -0.25) is 0 Å². The Labute approximate surface area is 111 Å². The van der Waals surface area contributed by atoms with Gasteiger partial charge in [0.15, 0.2) is 0 Å². The van der Waals surface area contributed by atoms with Crippen molar-refractivity contribution in [1.29, 1.82) is 0 Å². The molecule has 0 bridgehead atoms. The van der Waals surface area contributed by atoms with Crippen LogP contribution >= 0.6 is 0 Å². The fourth-order valence-corrected chi connectivity index (χ4v) is 2.17. The van der Waals surface area contributed by atoms with E-state index in [0.717, 1.165) is 12.3 Å². The number of methoxy groups -OCH3 is 1. The number of benzene rings is 1. The van der Waals surface area contributed by atoms with Gasteiger partial charge in [0.05, 0.1) is 7.11 Å². The van der Waals surface area contributed by atoms with Gasteiger partial charge >= 0.3 is 0 Å². The van der Waals surface area contributed by atoms with Crippen LogP contribution in [0.15, 0.2) is 12.1 Å². The van der Waals surface area contributed by atoms with Crippen molar-refractivity contribution in [2.45, 2.75) is 33.2 Å². The highest BCUT2D eigenvalue weighted by molar-refractivity contribution is 5.59. The second kappa shape index (κ2) is 5.61. The third kappa shape index (κ3) is 3.16. The molecule has 0 aliphatic heterocycles. The van der Waals surface area contributed by atoms with Crippen molar-refractivity contribution in [3.63, 3.8) is 0 Å². The molecule has 0 aliphatic carbocycles. The van der Waals surface area contributed by atoms with Crippen LogP contribution in [-0.4, -0.2) is 33.3 Å². The third-order valence-corrected chi connectivity index (χ3v) is 3.65.